The molecule has 1 heterocycles. The van der Waals surface area contributed by atoms with Gasteiger partial charge in [-0.3, -0.25) is 0 Å². The van der Waals surface area contributed by atoms with Crippen LogP contribution < -0.4 is 0 Å². The van der Waals surface area contributed by atoms with Gasteiger partial charge in [-0.05, 0) is 47.2 Å². The van der Waals surface area contributed by atoms with Crippen LogP contribution in [0, 0.1) is 3.57 Å². The van der Waals surface area contributed by atoms with Gasteiger partial charge in [-0.25, -0.2) is 0 Å². The first-order chi connectivity index (χ1) is 8.20. The van der Waals surface area contributed by atoms with Crippen molar-refractivity contribution in [3.05, 3.63) is 31.8 Å². The number of aromatic nitrogens is 2. The molecule has 2 aromatic rings. The lowest BCUT2D eigenvalue weighted by molar-refractivity contribution is 0.884. The minimum atomic E-state index is 0.656. The van der Waals surface area contributed by atoms with E-state index >= 15 is 0 Å². The number of hydrogen-bond acceptors (Lipinski definition) is 3. The minimum Gasteiger partial charge on any atom is -0.143 e. The fourth-order valence-electron chi connectivity index (χ4n) is 1.34. The maximum Gasteiger partial charge on any atom is 0.148 e. The second-order valence-corrected chi connectivity index (χ2v) is 6.46. The largest absolute Gasteiger partial charge is 0.148 e. The molecule has 0 aliphatic carbocycles. The number of alkyl halides is 1. The van der Waals surface area contributed by atoms with E-state index in [0.29, 0.717) is 5.88 Å². The Labute approximate surface area is 127 Å². The van der Waals surface area contributed by atoms with E-state index in [9.17, 15) is 0 Å². The lowest BCUT2D eigenvalue weighted by Crippen LogP contribution is -1.84. The van der Waals surface area contributed by atoms with Crippen molar-refractivity contribution in [3.8, 4) is 10.6 Å². The van der Waals surface area contributed by atoms with Gasteiger partial charge in [-0.1, -0.05) is 22.9 Å². The van der Waals surface area contributed by atoms with E-state index in [0.717, 1.165) is 37.0 Å². The molecule has 0 N–H and O–H groups in total. The third kappa shape index (κ3) is 3.53. The molecule has 0 aliphatic rings. The Kier molecular flexibility index (Phi) is 5.02. The van der Waals surface area contributed by atoms with Crippen molar-refractivity contribution in [2.75, 3.05) is 5.88 Å². The van der Waals surface area contributed by atoms with Crippen LogP contribution in [0.5, 0.6) is 0 Å². The first kappa shape index (κ1) is 13.5. The molecule has 0 unspecified atom stereocenters. The SMILES string of the molecule is ClCCCc1nnc(-c2cc(Cl)ccc2I)s1. The van der Waals surface area contributed by atoms with E-state index in [2.05, 4.69) is 32.8 Å². The highest BCUT2D eigenvalue weighted by Crippen LogP contribution is 2.30. The second-order valence-electron chi connectivity index (χ2n) is 3.42. The number of rotatable bonds is 4. The van der Waals surface area contributed by atoms with Crippen molar-refractivity contribution in [2.45, 2.75) is 12.8 Å². The zero-order chi connectivity index (χ0) is 12.3. The van der Waals surface area contributed by atoms with Crippen LogP contribution in [0.25, 0.3) is 10.6 Å². The fraction of sp³-hybridized carbons (Fsp3) is 0.273. The van der Waals surface area contributed by atoms with Gasteiger partial charge in [-0.2, -0.15) is 0 Å². The van der Waals surface area contributed by atoms with Gasteiger partial charge in [0.1, 0.15) is 10.0 Å². The molecular formula is C11H9Cl2IN2S. The number of aryl methyl sites for hydroxylation is 1. The molecule has 0 bridgehead atoms. The predicted molar refractivity (Wildman–Crippen MR) is 82.1 cm³/mol. The molecule has 0 amide bonds. The average Bonchev–Trinajstić information content (AvgIpc) is 2.78. The minimum absolute atomic E-state index is 0.656. The normalized spacial score (nSPS) is 10.8. The highest BCUT2D eigenvalue weighted by atomic mass is 127. The summed E-state index contributed by atoms with van der Waals surface area (Å²) >= 11 is 15.5. The summed E-state index contributed by atoms with van der Waals surface area (Å²) in [5.74, 6) is 0.656. The molecule has 17 heavy (non-hydrogen) atoms. The van der Waals surface area contributed by atoms with Gasteiger partial charge in [0.2, 0.25) is 0 Å². The molecule has 0 saturated carbocycles. The molecule has 0 aliphatic heterocycles. The van der Waals surface area contributed by atoms with Crippen LogP contribution in [0.15, 0.2) is 18.2 Å². The van der Waals surface area contributed by atoms with E-state index in [-0.39, 0.29) is 0 Å². The number of benzene rings is 1. The highest BCUT2D eigenvalue weighted by Gasteiger charge is 2.10. The average molecular weight is 399 g/mol. The van der Waals surface area contributed by atoms with Gasteiger partial charge in [0.05, 0.1) is 0 Å². The monoisotopic (exact) mass is 398 g/mol. The van der Waals surface area contributed by atoms with Crippen molar-refractivity contribution in [2.24, 2.45) is 0 Å². The van der Waals surface area contributed by atoms with E-state index < -0.39 is 0 Å². The molecule has 0 fully saturated rings. The molecular weight excluding hydrogens is 390 g/mol. The van der Waals surface area contributed by atoms with Crippen molar-refractivity contribution in [1.29, 1.82) is 0 Å². The van der Waals surface area contributed by atoms with Gasteiger partial charge >= 0.3 is 0 Å². The standard InChI is InChI=1S/C11H9Cl2IN2S/c12-5-1-2-10-15-16-11(17-10)8-6-7(13)3-4-9(8)14/h3-4,6H,1-2,5H2. The maximum absolute atomic E-state index is 5.99. The van der Waals surface area contributed by atoms with E-state index in [1.165, 1.54) is 0 Å². The van der Waals surface area contributed by atoms with Crippen LogP contribution in [0.3, 0.4) is 0 Å². The molecule has 1 aromatic carbocycles. The summed E-state index contributed by atoms with van der Waals surface area (Å²) in [5.41, 5.74) is 1.05. The fourth-order valence-corrected chi connectivity index (χ4v) is 3.33. The Morgan fingerprint density at radius 3 is 2.88 bits per heavy atom. The van der Waals surface area contributed by atoms with Gasteiger partial charge in [0.15, 0.2) is 0 Å². The second kappa shape index (κ2) is 6.31. The topological polar surface area (TPSA) is 25.8 Å². The first-order valence-electron chi connectivity index (χ1n) is 5.04. The molecule has 2 rings (SSSR count). The summed E-state index contributed by atoms with van der Waals surface area (Å²) in [6.07, 6.45) is 1.82. The molecule has 1 aromatic heterocycles. The van der Waals surface area contributed by atoms with Gasteiger partial charge in [0, 0.05) is 26.5 Å². The molecule has 0 atom stereocenters. The Bertz CT molecular complexity index is 516. The molecule has 0 radical (unpaired) electrons. The van der Waals surface area contributed by atoms with Crippen LogP contribution in [-0.2, 0) is 6.42 Å². The summed E-state index contributed by atoms with van der Waals surface area (Å²) in [4.78, 5) is 0. The predicted octanol–water partition coefficient (Wildman–Crippen LogP) is 4.63. The van der Waals surface area contributed by atoms with Crippen molar-refractivity contribution in [3.63, 3.8) is 0 Å². The first-order valence-corrected chi connectivity index (χ1v) is 7.85. The lowest BCUT2D eigenvalue weighted by atomic mass is 10.2. The van der Waals surface area contributed by atoms with E-state index in [4.69, 9.17) is 23.2 Å². The van der Waals surface area contributed by atoms with Crippen molar-refractivity contribution >= 4 is 57.1 Å². The number of hydrogen-bond donors (Lipinski definition) is 0. The smallest absolute Gasteiger partial charge is 0.143 e. The van der Waals surface area contributed by atoms with Crippen LogP contribution in [0.1, 0.15) is 11.4 Å². The molecule has 90 valence electrons. The zero-order valence-corrected chi connectivity index (χ0v) is 13.3. The van der Waals surface area contributed by atoms with Crippen LogP contribution in [0.4, 0.5) is 0 Å². The van der Waals surface area contributed by atoms with Crippen LogP contribution in [-0.4, -0.2) is 16.1 Å². The van der Waals surface area contributed by atoms with Crippen LogP contribution in [0.2, 0.25) is 5.02 Å². The third-order valence-electron chi connectivity index (χ3n) is 2.15. The number of nitrogens with zero attached hydrogens (tertiary/aromatic N) is 2. The third-order valence-corrected chi connectivity index (χ3v) is 4.61. The summed E-state index contributed by atoms with van der Waals surface area (Å²) in [7, 11) is 0. The Morgan fingerprint density at radius 1 is 1.29 bits per heavy atom. The zero-order valence-electron chi connectivity index (χ0n) is 8.79. The van der Waals surface area contributed by atoms with E-state index in [1.54, 1.807) is 11.3 Å². The van der Waals surface area contributed by atoms with Crippen molar-refractivity contribution < 1.29 is 0 Å². The van der Waals surface area contributed by atoms with Gasteiger partial charge < -0.3 is 0 Å². The summed E-state index contributed by atoms with van der Waals surface area (Å²) in [6, 6.07) is 5.79. The van der Waals surface area contributed by atoms with Gasteiger partial charge in [-0.15, -0.1) is 21.8 Å². The maximum atomic E-state index is 5.99. The summed E-state index contributed by atoms with van der Waals surface area (Å²) < 4.78 is 1.13. The Balaban J connectivity index is 2.27. The van der Waals surface area contributed by atoms with E-state index in [1.807, 2.05) is 18.2 Å². The Morgan fingerprint density at radius 2 is 2.12 bits per heavy atom. The van der Waals surface area contributed by atoms with Crippen LogP contribution >= 0.6 is 57.1 Å². The molecule has 2 nitrogen and oxygen atoms in total. The summed E-state index contributed by atoms with van der Waals surface area (Å²) in [5, 5.41) is 11.0. The number of halogens is 3. The molecule has 0 spiro atoms. The van der Waals surface area contributed by atoms with Crippen molar-refractivity contribution in [1.82, 2.24) is 10.2 Å². The van der Waals surface area contributed by atoms with Gasteiger partial charge in [0.25, 0.3) is 0 Å². The molecule has 0 saturated heterocycles. The lowest BCUT2D eigenvalue weighted by Gasteiger charge is -1.99. The molecule has 6 heteroatoms. The Hall–Kier alpha value is 0.0900. The summed E-state index contributed by atoms with van der Waals surface area (Å²) in [6.45, 7) is 0. The highest BCUT2D eigenvalue weighted by molar-refractivity contribution is 14.1. The quantitative estimate of drug-likeness (QED) is 0.554.